The van der Waals surface area contributed by atoms with Crippen molar-refractivity contribution in [1.29, 1.82) is 0 Å². The first-order valence-corrected chi connectivity index (χ1v) is 22.6. The van der Waals surface area contributed by atoms with Gasteiger partial charge in [-0.25, -0.2) is 0 Å². The number of fused-ring (bicyclic) bond motifs is 8. The van der Waals surface area contributed by atoms with E-state index in [0.717, 1.165) is 0 Å². The maximum Gasteiger partial charge on any atom is 0.264 e. The second kappa shape index (κ2) is 11.3. The Morgan fingerprint density at radius 1 is 0.579 bits per heavy atom. The van der Waals surface area contributed by atoms with Crippen LogP contribution >= 0.6 is 11.3 Å². The normalized spacial score (nSPS) is 21.7. The number of hydrogen-bond acceptors (Lipinski definition) is 3. The highest BCUT2D eigenvalue weighted by Gasteiger charge is 2.56. The van der Waals surface area contributed by atoms with Gasteiger partial charge >= 0.3 is 0 Å². The third kappa shape index (κ3) is 5.01. The lowest BCUT2D eigenvalue weighted by Crippen LogP contribution is -2.61. The van der Waals surface area contributed by atoms with E-state index in [0.29, 0.717) is 0 Å². The molecule has 2 aliphatic carbocycles. The van der Waals surface area contributed by atoms with E-state index in [1.54, 1.807) is 20.8 Å². The van der Waals surface area contributed by atoms with Gasteiger partial charge in [0.15, 0.2) is 0 Å². The molecule has 5 aromatic rings. The van der Waals surface area contributed by atoms with E-state index in [2.05, 4.69) is 186 Å². The van der Waals surface area contributed by atoms with Gasteiger partial charge in [0.1, 0.15) is 0 Å². The van der Waals surface area contributed by atoms with Crippen molar-refractivity contribution < 1.29 is 0 Å². The van der Waals surface area contributed by atoms with Gasteiger partial charge in [0.05, 0.1) is 11.4 Å². The van der Waals surface area contributed by atoms with Crippen LogP contribution < -0.4 is 25.5 Å². The predicted molar refractivity (Wildman–Crippen MR) is 249 cm³/mol. The summed E-state index contributed by atoms with van der Waals surface area (Å²) in [6, 6.07) is 25.1. The largest absolute Gasteiger partial charge is 0.311 e. The monoisotopic (exact) mass is 770 g/mol. The zero-order valence-corrected chi connectivity index (χ0v) is 38.3. The molecule has 0 amide bonds. The second-order valence-electron chi connectivity index (χ2n) is 23.0. The first kappa shape index (κ1) is 37.5. The van der Waals surface area contributed by atoms with Crippen molar-refractivity contribution in [1.82, 2.24) is 0 Å². The van der Waals surface area contributed by atoms with Crippen molar-refractivity contribution in [2.24, 2.45) is 0 Å². The number of benzene rings is 4. The molecule has 0 saturated heterocycles. The van der Waals surface area contributed by atoms with Gasteiger partial charge in [0, 0.05) is 43.4 Å². The summed E-state index contributed by atoms with van der Waals surface area (Å²) in [5, 5.41) is 0. The molecule has 0 fully saturated rings. The van der Waals surface area contributed by atoms with Crippen LogP contribution in [0.15, 0.2) is 60.7 Å². The zero-order chi connectivity index (χ0) is 40.7. The first-order chi connectivity index (χ1) is 26.4. The Morgan fingerprint density at radius 2 is 1.16 bits per heavy atom. The maximum atomic E-state index is 2.78. The van der Waals surface area contributed by atoms with Crippen LogP contribution in [0.2, 0.25) is 0 Å². The molecule has 2 nitrogen and oxygen atoms in total. The fraction of sp³-hybridized carbons (Fsp3) is 0.472. The lowest BCUT2D eigenvalue weighted by atomic mass is 9.35. The molecule has 0 saturated carbocycles. The van der Waals surface area contributed by atoms with Gasteiger partial charge < -0.3 is 9.80 Å². The Bertz CT molecular complexity index is 2570. The third-order valence-electron chi connectivity index (χ3n) is 15.4. The Kier molecular flexibility index (Phi) is 7.43. The van der Waals surface area contributed by atoms with Crippen molar-refractivity contribution >= 4 is 67.9 Å². The molecular formula is C53H63BN2S. The summed E-state index contributed by atoms with van der Waals surface area (Å²) in [6.07, 6.45) is 4.78. The van der Waals surface area contributed by atoms with Gasteiger partial charge in [-0.2, -0.15) is 11.3 Å². The number of nitrogens with zero attached hydrogens (tertiary/aromatic N) is 2. The molecule has 10 rings (SSSR count). The summed E-state index contributed by atoms with van der Waals surface area (Å²) in [7, 11) is 0. The number of rotatable bonds is 1. The molecule has 3 aliphatic heterocycles. The van der Waals surface area contributed by atoms with Gasteiger partial charge in [-0.1, -0.05) is 120 Å². The number of aryl methyl sites for hydroxylation is 2. The van der Waals surface area contributed by atoms with Gasteiger partial charge in [-0.15, -0.1) is 0 Å². The molecule has 5 aliphatic rings. The van der Waals surface area contributed by atoms with Crippen molar-refractivity contribution in [3.05, 3.63) is 110 Å². The maximum absolute atomic E-state index is 2.78. The van der Waals surface area contributed by atoms with Crippen LogP contribution in [-0.4, -0.2) is 6.71 Å². The third-order valence-corrected chi connectivity index (χ3v) is 17.0. The smallest absolute Gasteiger partial charge is 0.264 e. The first-order valence-electron chi connectivity index (χ1n) is 21.8. The standard InChI is InChI=1S/C53H63BN2S/c1-30-24-40-43-41(25-30)56-44-31(2)26-33(49(6,7)8)27-37(44)53(15)23-22-52(13,14)46-42(53)45(56)47(57-46)54(43)38-28-35-36(51(11,12)21-20-50(35,9)10)29-39(38)55(40)34-18-16-32(17-19-34)48(3,4)5/h16-19,24-29H,20-23H2,1-15H3. The number of thiophene rings is 1. The molecule has 0 spiro atoms. The molecule has 0 N–H and O–H groups in total. The number of hydrogen-bond donors (Lipinski definition) is 0. The van der Waals surface area contributed by atoms with E-state index < -0.39 is 0 Å². The van der Waals surface area contributed by atoms with Gasteiger partial charge in [0.2, 0.25) is 0 Å². The molecule has 0 bridgehead atoms. The Balaban J connectivity index is 1.35. The summed E-state index contributed by atoms with van der Waals surface area (Å²) < 4.78 is 1.56. The number of anilines is 6. The van der Waals surface area contributed by atoms with E-state index in [9.17, 15) is 0 Å². The summed E-state index contributed by atoms with van der Waals surface area (Å²) >= 11 is 2.16. The van der Waals surface area contributed by atoms with E-state index in [1.165, 1.54) is 104 Å². The lowest BCUT2D eigenvalue weighted by Gasteiger charge is -2.52. The van der Waals surface area contributed by atoms with E-state index in [1.807, 2.05) is 0 Å². The summed E-state index contributed by atoms with van der Waals surface area (Å²) in [5.74, 6) is 0. The average molecular weight is 771 g/mol. The molecule has 4 heteroatoms. The minimum Gasteiger partial charge on any atom is -0.311 e. The van der Waals surface area contributed by atoms with Crippen molar-refractivity contribution in [3.8, 4) is 0 Å². The minimum absolute atomic E-state index is 0.0445. The highest BCUT2D eigenvalue weighted by atomic mass is 32.1. The molecular weight excluding hydrogens is 707 g/mol. The van der Waals surface area contributed by atoms with Crippen LogP contribution in [0.25, 0.3) is 0 Å². The predicted octanol–water partition coefficient (Wildman–Crippen LogP) is 13.1. The zero-order valence-electron chi connectivity index (χ0n) is 37.5. The van der Waals surface area contributed by atoms with Crippen molar-refractivity contribution in [3.63, 3.8) is 0 Å². The molecule has 57 heavy (non-hydrogen) atoms. The van der Waals surface area contributed by atoms with Crippen LogP contribution in [-0.2, 0) is 32.5 Å². The van der Waals surface area contributed by atoms with Gasteiger partial charge in [-0.05, 0) is 147 Å². The van der Waals surface area contributed by atoms with Crippen LogP contribution in [0.3, 0.4) is 0 Å². The highest BCUT2D eigenvalue weighted by molar-refractivity contribution is 7.29. The fourth-order valence-electron chi connectivity index (χ4n) is 11.6. The summed E-state index contributed by atoms with van der Waals surface area (Å²) in [6.45, 7) is 36.6. The van der Waals surface area contributed by atoms with Gasteiger partial charge in [0.25, 0.3) is 6.71 Å². The van der Waals surface area contributed by atoms with E-state index in [4.69, 9.17) is 0 Å². The molecule has 1 unspecified atom stereocenters. The summed E-state index contributed by atoms with van der Waals surface area (Å²) in [5.41, 5.74) is 23.4. The fourth-order valence-corrected chi connectivity index (χ4v) is 13.3. The molecule has 4 aromatic carbocycles. The summed E-state index contributed by atoms with van der Waals surface area (Å²) in [4.78, 5) is 7.06. The lowest BCUT2D eigenvalue weighted by molar-refractivity contribution is 0.332. The Morgan fingerprint density at radius 3 is 1.77 bits per heavy atom. The molecule has 1 aromatic heterocycles. The van der Waals surface area contributed by atoms with Gasteiger partial charge in [-0.3, -0.25) is 0 Å². The molecule has 1 atom stereocenters. The Labute approximate surface area is 348 Å². The van der Waals surface area contributed by atoms with Crippen LogP contribution in [0.1, 0.15) is 165 Å². The SMILES string of the molecule is Cc1cc2c3c(c1)N1c4c(C)cc(C(C)(C)C)cc4C4(C)CCC(C)(C)c5sc(c1c54)B3c1cc3c(cc1N2c1ccc(C(C)(C)C)cc1)C(C)(C)CCC3(C)C. The van der Waals surface area contributed by atoms with Crippen molar-refractivity contribution in [2.45, 2.75) is 162 Å². The minimum atomic E-state index is -0.0445. The topological polar surface area (TPSA) is 6.48 Å². The Hall–Kier alpha value is -3.76. The van der Waals surface area contributed by atoms with E-state index >= 15 is 0 Å². The van der Waals surface area contributed by atoms with Crippen molar-refractivity contribution in [2.75, 3.05) is 9.80 Å². The van der Waals surface area contributed by atoms with E-state index in [-0.39, 0.29) is 39.2 Å². The molecule has 0 radical (unpaired) electrons. The average Bonchev–Trinajstić information content (AvgIpc) is 3.54. The molecule has 294 valence electrons. The van der Waals surface area contributed by atoms with Crippen LogP contribution in [0.4, 0.5) is 34.1 Å². The molecule has 4 heterocycles. The second-order valence-corrected chi connectivity index (χ2v) is 24.1. The quantitative estimate of drug-likeness (QED) is 0.153. The van der Waals surface area contributed by atoms with Crippen LogP contribution in [0, 0.1) is 13.8 Å². The highest BCUT2D eigenvalue weighted by Crippen LogP contribution is 2.64. The van der Waals surface area contributed by atoms with Crippen LogP contribution in [0.5, 0.6) is 0 Å².